The molecule has 1 aromatic rings. The third kappa shape index (κ3) is 6.79. The number of carbonyl (C=O) groups is 2. The first-order valence-electron chi connectivity index (χ1n) is 8.14. The van der Waals surface area contributed by atoms with E-state index in [0.717, 1.165) is 0 Å². The number of likely N-dealkylation sites (N-methyl/N-ethyl adjacent to an activating group) is 1. The summed E-state index contributed by atoms with van der Waals surface area (Å²) in [6.07, 6.45) is 0.147. The van der Waals surface area contributed by atoms with Gasteiger partial charge in [0.1, 0.15) is 12.4 Å². The molecule has 0 bridgehead atoms. The van der Waals surface area contributed by atoms with Crippen LogP contribution in [0.4, 0.5) is 0 Å². The summed E-state index contributed by atoms with van der Waals surface area (Å²) in [5.74, 6) is -0.0799. The van der Waals surface area contributed by atoms with Crippen molar-refractivity contribution in [3.05, 3.63) is 29.3 Å². The van der Waals surface area contributed by atoms with Crippen LogP contribution < -0.4 is 4.74 Å². The minimum atomic E-state index is -0.419. The molecule has 0 radical (unpaired) electrons. The average Bonchev–Trinajstić information content (AvgIpc) is 2.53. The lowest BCUT2D eigenvalue weighted by atomic mass is 9.92. The van der Waals surface area contributed by atoms with Crippen LogP contribution in [0.5, 0.6) is 5.75 Å². The lowest BCUT2D eigenvalue weighted by Crippen LogP contribution is -2.35. The second-order valence-corrected chi connectivity index (χ2v) is 6.36. The monoisotopic (exact) mass is 355 g/mol. The van der Waals surface area contributed by atoms with E-state index in [1.807, 2.05) is 13.8 Å². The van der Waals surface area contributed by atoms with Crippen molar-refractivity contribution in [3.8, 4) is 5.75 Å². The number of amides is 1. The molecule has 1 unspecified atom stereocenters. The Morgan fingerprint density at radius 3 is 2.38 bits per heavy atom. The molecule has 1 atom stereocenters. The lowest BCUT2D eigenvalue weighted by molar-refractivity contribution is -0.152. The summed E-state index contributed by atoms with van der Waals surface area (Å²) in [6, 6.07) is 7.05. The first kappa shape index (κ1) is 20.3. The molecule has 1 aromatic carbocycles. The van der Waals surface area contributed by atoms with E-state index in [-0.39, 0.29) is 24.2 Å². The highest BCUT2D eigenvalue weighted by molar-refractivity contribution is 6.30. The fraction of sp³-hybridized carbons (Fsp3) is 0.556. The lowest BCUT2D eigenvalue weighted by Gasteiger charge is -2.23. The topological polar surface area (TPSA) is 55.8 Å². The minimum Gasteiger partial charge on any atom is -0.492 e. The Balaban J connectivity index is 2.45. The quantitative estimate of drug-likeness (QED) is 0.637. The number of hydrogen-bond donors (Lipinski definition) is 0. The zero-order chi connectivity index (χ0) is 18.1. The van der Waals surface area contributed by atoms with Crippen molar-refractivity contribution < 1.29 is 19.1 Å². The van der Waals surface area contributed by atoms with E-state index in [4.69, 9.17) is 21.1 Å². The molecule has 0 aliphatic heterocycles. The maximum atomic E-state index is 12.3. The Bertz CT molecular complexity index is 530. The van der Waals surface area contributed by atoms with Crippen LogP contribution in [0.25, 0.3) is 0 Å². The van der Waals surface area contributed by atoms with Gasteiger partial charge in [-0.15, -0.1) is 0 Å². The van der Waals surface area contributed by atoms with Crippen molar-refractivity contribution >= 4 is 23.5 Å². The number of rotatable bonds is 9. The molecule has 24 heavy (non-hydrogen) atoms. The van der Waals surface area contributed by atoms with Crippen molar-refractivity contribution in [2.24, 2.45) is 11.8 Å². The third-order valence-electron chi connectivity index (χ3n) is 3.72. The van der Waals surface area contributed by atoms with E-state index in [9.17, 15) is 9.59 Å². The van der Waals surface area contributed by atoms with Crippen molar-refractivity contribution in [1.29, 1.82) is 0 Å². The van der Waals surface area contributed by atoms with Crippen LogP contribution >= 0.6 is 11.6 Å². The van der Waals surface area contributed by atoms with Gasteiger partial charge in [-0.25, -0.2) is 0 Å². The summed E-state index contributed by atoms with van der Waals surface area (Å²) < 4.78 is 10.6. The van der Waals surface area contributed by atoms with Crippen molar-refractivity contribution in [2.45, 2.75) is 27.2 Å². The summed E-state index contributed by atoms with van der Waals surface area (Å²) >= 11 is 5.81. The summed E-state index contributed by atoms with van der Waals surface area (Å²) in [5, 5.41) is 0.647. The Labute approximate surface area is 148 Å². The van der Waals surface area contributed by atoms with Gasteiger partial charge in [-0.3, -0.25) is 9.59 Å². The van der Waals surface area contributed by atoms with Crippen LogP contribution in [0.2, 0.25) is 5.02 Å². The fourth-order valence-electron chi connectivity index (χ4n) is 2.14. The van der Waals surface area contributed by atoms with Crippen LogP contribution in [0, 0.1) is 11.8 Å². The van der Waals surface area contributed by atoms with Crippen LogP contribution in [0.3, 0.4) is 0 Å². The van der Waals surface area contributed by atoms with Crippen LogP contribution in [0.15, 0.2) is 24.3 Å². The fourth-order valence-corrected chi connectivity index (χ4v) is 2.27. The van der Waals surface area contributed by atoms with E-state index in [1.54, 1.807) is 43.1 Å². The molecule has 0 spiro atoms. The Kier molecular flexibility index (Phi) is 8.61. The summed E-state index contributed by atoms with van der Waals surface area (Å²) in [5.41, 5.74) is 0. The van der Waals surface area contributed by atoms with Gasteiger partial charge < -0.3 is 14.4 Å². The van der Waals surface area contributed by atoms with Crippen molar-refractivity contribution in [2.75, 3.05) is 26.8 Å². The molecule has 134 valence electrons. The summed E-state index contributed by atoms with van der Waals surface area (Å²) in [6.45, 7) is 6.72. The number of halogens is 1. The van der Waals surface area contributed by atoms with Gasteiger partial charge in [0.25, 0.3) is 0 Å². The van der Waals surface area contributed by atoms with Gasteiger partial charge in [0.05, 0.1) is 19.1 Å². The van der Waals surface area contributed by atoms with Gasteiger partial charge in [-0.05, 0) is 37.1 Å². The maximum absolute atomic E-state index is 12.3. The van der Waals surface area contributed by atoms with E-state index in [0.29, 0.717) is 30.5 Å². The van der Waals surface area contributed by atoms with E-state index in [2.05, 4.69) is 0 Å². The van der Waals surface area contributed by atoms with E-state index in [1.165, 1.54) is 0 Å². The Morgan fingerprint density at radius 2 is 1.83 bits per heavy atom. The second-order valence-electron chi connectivity index (χ2n) is 5.92. The molecule has 0 aliphatic carbocycles. The second kappa shape index (κ2) is 10.2. The molecule has 5 nitrogen and oxygen atoms in total. The maximum Gasteiger partial charge on any atom is 0.309 e. The zero-order valence-electron chi connectivity index (χ0n) is 14.8. The van der Waals surface area contributed by atoms with Crippen LogP contribution in [0.1, 0.15) is 27.2 Å². The Hall–Kier alpha value is -1.75. The molecular weight excluding hydrogens is 330 g/mol. The minimum absolute atomic E-state index is 0.0479. The predicted octanol–water partition coefficient (Wildman–Crippen LogP) is 3.40. The number of ether oxygens (including phenoxy) is 2. The molecule has 1 amide bonds. The average molecular weight is 356 g/mol. The van der Waals surface area contributed by atoms with Gasteiger partial charge in [0.2, 0.25) is 5.91 Å². The third-order valence-corrected chi connectivity index (χ3v) is 3.98. The first-order chi connectivity index (χ1) is 11.3. The number of carbonyl (C=O) groups excluding carboxylic acids is 2. The van der Waals surface area contributed by atoms with Crippen molar-refractivity contribution in [3.63, 3.8) is 0 Å². The highest BCUT2D eigenvalue weighted by Crippen LogP contribution is 2.19. The normalized spacial score (nSPS) is 11.9. The largest absolute Gasteiger partial charge is 0.492 e. The molecule has 1 rings (SSSR count). The molecule has 0 heterocycles. The molecule has 0 aromatic heterocycles. The highest BCUT2D eigenvalue weighted by atomic mass is 35.5. The molecule has 0 N–H and O–H groups in total. The van der Waals surface area contributed by atoms with Gasteiger partial charge in [-0.1, -0.05) is 25.4 Å². The van der Waals surface area contributed by atoms with Gasteiger partial charge in [-0.2, -0.15) is 0 Å². The predicted molar refractivity (Wildman–Crippen MR) is 94.2 cm³/mol. The zero-order valence-corrected chi connectivity index (χ0v) is 15.5. The van der Waals surface area contributed by atoms with E-state index >= 15 is 0 Å². The molecule has 0 saturated carbocycles. The summed E-state index contributed by atoms with van der Waals surface area (Å²) in [7, 11) is 1.70. The smallest absolute Gasteiger partial charge is 0.309 e. The van der Waals surface area contributed by atoms with Crippen molar-refractivity contribution in [1.82, 2.24) is 4.90 Å². The first-order valence-corrected chi connectivity index (χ1v) is 8.51. The molecule has 0 aliphatic rings. The number of hydrogen-bond acceptors (Lipinski definition) is 4. The van der Waals surface area contributed by atoms with Crippen LogP contribution in [-0.2, 0) is 14.3 Å². The van der Waals surface area contributed by atoms with Gasteiger partial charge >= 0.3 is 5.97 Å². The van der Waals surface area contributed by atoms with Gasteiger partial charge in [0, 0.05) is 18.5 Å². The molecule has 0 fully saturated rings. The molecular formula is C18H26ClNO4. The Morgan fingerprint density at radius 1 is 1.21 bits per heavy atom. The number of esters is 1. The molecule has 6 heteroatoms. The van der Waals surface area contributed by atoms with E-state index < -0.39 is 5.92 Å². The number of benzene rings is 1. The number of nitrogens with zero attached hydrogens (tertiary/aromatic N) is 1. The van der Waals surface area contributed by atoms with Crippen LogP contribution in [-0.4, -0.2) is 43.6 Å². The SMILES string of the molecule is CCOC(=O)C(CC(=O)N(C)CCOc1ccc(Cl)cc1)C(C)C. The highest BCUT2D eigenvalue weighted by Gasteiger charge is 2.27. The summed E-state index contributed by atoms with van der Waals surface area (Å²) in [4.78, 5) is 25.8. The van der Waals surface area contributed by atoms with Gasteiger partial charge in [0.15, 0.2) is 0 Å². The standard InChI is InChI=1S/C18H26ClNO4/c1-5-23-18(22)16(13(2)3)12-17(21)20(4)10-11-24-15-8-6-14(19)7-9-15/h6-9,13,16H,5,10-12H2,1-4H3. The molecule has 0 saturated heterocycles.